The number of benzene rings is 3. The van der Waals surface area contributed by atoms with Gasteiger partial charge in [0.1, 0.15) is 6.04 Å². The Morgan fingerprint density at radius 1 is 0.816 bits per heavy atom. The summed E-state index contributed by atoms with van der Waals surface area (Å²) < 4.78 is 31.6. The van der Waals surface area contributed by atoms with Crippen LogP contribution in [0.2, 0.25) is 0 Å². The van der Waals surface area contributed by atoms with Gasteiger partial charge in [-0.15, -0.1) is 0 Å². The summed E-state index contributed by atoms with van der Waals surface area (Å²) in [6.45, 7) is 7.48. The van der Waals surface area contributed by atoms with E-state index in [9.17, 15) is 22.8 Å². The molecule has 49 heavy (non-hydrogen) atoms. The van der Waals surface area contributed by atoms with E-state index in [1.807, 2.05) is 81.4 Å². The minimum atomic E-state index is -4.32. The molecule has 266 valence electrons. The molecule has 1 unspecified atom stereocenters. The Balaban J connectivity index is 1.96. The van der Waals surface area contributed by atoms with Crippen LogP contribution in [0.15, 0.2) is 89.8 Å². The van der Waals surface area contributed by atoms with E-state index in [4.69, 9.17) is 21.2 Å². The van der Waals surface area contributed by atoms with E-state index in [1.165, 1.54) is 31.4 Å². The SMILES string of the molecule is CC[C@@H](CCC(C)[C@](CCC(C)C)(C(=O)ON)S(=O)(=O)c1ccc(N)cc1)NC(=O)[C@@H](NC(=O)OC)C(c1ccccc1)c1ccccc1. The number of methoxy groups -OCH3 is 1. The van der Waals surface area contributed by atoms with Crippen molar-refractivity contribution < 1.29 is 32.4 Å². The molecule has 0 aliphatic carbocycles. The number of carbonyl (C=O) groups is 3. The highest BCUT2D eigenvalue weighted by atomic mass is 32.2. The second kappa shape index (κ2) is 17.8. The molecule has 0 bridgehead atoms. The van der Waals surface area contributed by atoms with Gasteiger partial charge in [-0.2, -0.15) is 5.90 Å². The van der Waals surface area contributed by atoms with Crippen LogP contribution < -0.4 is 22.3 Å². The first-order valence-corrected chi connectivity index (χ1v) is 18.1. The van der Waals surface area contributed by atoms with Gasteiger partial charge in [0.25, 0.3) is 0 Å². The zero-order valence-electron chi connectivity index (χ0n) is 28.9. The minimum absolute atomic E-state index is 0.0152. The monoisotopic (exact) mass is 694 g/mol. The van der Waals surface area contributed by atoms with Gasteiger partial charge < -0.3 is 25.9 Å². The average Bonchev–Trinajstić information content (AvgIpc) is 3.10. The number of ether oxygens (including phenoxy) is 1. The Morgan fingerprint density at radius 2 is 1.37 bits per heavy atom. The number of sulfone groups is 1. The van der Waals surface area contributed by atoms with Crippen molar-refractivity contribution >= 4 is 33.5 Å². The lowest BCUT2D eigenvalue weighted by Gasteiger charge is -2.37. The molecule has 0 radical (unpaired) electrons. The Kier molecular flexibility index (Phi) is 14.2. The maximum Gasteiger partial charge on any atom is 0.407 e. The smallest absolute Gasteiger partial charge is 0.407 e. The number of anilines is 1. The van der Waals surface area contributed by atoms with Gasteiger partial charge in [-0.3, -0.25) is 4.79 Å². The number of nitrogen functional groups attached to an aromatic ring is 1. The van der Waals surface area contributed by atoms with Gasteiger partial charge in [-0.25, -0.2) is 18.0 Å². The van der Waals surface area contributed by atoms with Crippen LogP contribution in [-0.4, -0.2) is 50.3 Å². The quantitative estimate of drug-likeness (QED) is 0.105. The summed E-state index contributed by atoms with van der Waals surface area (Å²) in [6, 6.07) is 23.0. The van der Waals surface area contributed by atoms with Gasteiger partial charge in [-0.05, 0) is 79.3 Å². The van der Waals surface area contributed by atoms with Crippen molar-refractivity contribution in [2.45, 2.75) is 87.4 Å². The lowest BCUT2D eigenvalue weighted by Crippen LogP contribution is -2.54. The van der Waals surface area contributed by atoms with Crippen molar-refractivity contribution in [3.8, 4) is 0 Å². The van der Waals surface area contributed by atoms with E-state index < -0.39 is 56.5 Å². The molecule has 3 aromatic rings. The van der Waals surface area contributed by atoms with Crippen LogP contribution in [0.4, 0.5) is 10.5 Å². The molecule has 2 amide bonds. The van der Waals surface area contributed by atoms with Crippen LogP contribution >= 0.6 is 0 Å². The molecular formula is C37H50N4O7S. The molecule has 12 heteroatoms. The third kappa shape index (κ3) is 9.39. The maximum absolute atomic E-state index is 14.4. The summed E-state index contributed by atoms with van der Waals surface area (Å²) in [5, 5.41) is 5.82. The standard InChI is InChI=1S/C37H50N4O7S/c1-6-30(40-34(42)33(41-36(44)47-5)32(27-13-9-7-10-14-27)28-15-11-8-12-16-28)20-17-26(4)37(35(43)48-39,24-23-25(2)3)49(45,46)31-21-18-29(38)19-22-31/h7-16,18-19,21-22,25-26,30,32-33H,6,17,20,23-24,38-39H2,1-5H3,(H,40,42)(H,41,44)/t26?,30-,33-,37+/m0/s1. The van der Waals surface area contributed by atoms with Gasteiger partial charge in [0, 0.05) is 17.6 Å². The number of rotatable bonds is 17. The summed E-state index contributed by atoms with van der Waals surface area (Å²) >= 11 is 0. The Morgan fingerprint density at radius 3 is 1.84 bits per heavy atom. The normalized spacial score (nSPS) is 14.7. The van der Waals surface area contributed by atoms with Crippen LogP contribution in [0, 0.1) is 11.8 Å². The van der Waals surface area contributed by atoms with Crippen molar-refractivity contribution in [1.82, 2.24) is 10.6 Å². The molecule has 6 N–H and O–H groups in total. The molecule has 3 rings (SSSR count). The van der Waals surface area contributed by atoms with Gasteiger partial charge >= 0.3 is 12.1 Å². The van der Waals surface area contributed by atoms with E-state index in [1.54, 1.807) is 6.92 Å². The highest BCUT2D eigenvalue weighted by Gasteiger charge is 2.56. The second-order valence-electron chi connectivity index (χ2n) is 12.8. The predicted octanol–water partition coefficient (Wildman–Crippen LogP) is 5.50. The number of nitrogens with one attached hydrogen (secondary N) is 2. The maximum atomic E-state index is 14.4. The predicted molar refractivity (Wildman–Crippen MR) is 190 cm³/mol. The van der Waals surface area contributed by atoms with Gasteiger partial charge in [-0.1, -0.05) is 88.4 Å². The molecule has 0 aromatic heterocycles. The average molecular weight is 695 g/mol. The third-order valence-corrected chi connectivity index (χ3v) is 11.8. The minimum Gasteiger partial charge on any atom is -0.453 e. The van der Waals surface area contributed by atoms with Crippen LogP contribution in [0.5, 0.6) is 0 Å². The Hall–Kier alpha value is -4.42. The molecule has 0 saturated carbocycles. The fourth-order valence-electron chi connectivity index (χ4n) is 6.26. The zero-order chi connectivity index (χ0) is 36.2. The van der Waals surface area contributed by atoms with Crippen LogP contribution in [0.3, 0.4) is 0 Å². The van der Waals surface area contributed by atoms with Crippen LogP contribution in [-0.2, 0) is 29.0 Å². The molecule has 0 fully saturated rings. The molecule has 4 atom stereocenters. The number of carbonyl (C=O) groups excluding carboxylic acids is 3. The molecule has 0 aliphatic rings. The highest BCUT2D eigenvalue weighted by Crippen LogP contribution is 2.41. The Labute approximate surface area is 290 Å². The zero-order valence-corrected chi connectivity index (χ0v) is 29.7. The summed E-state index contributed by atoms with van der Waals surface area (Å²) in [7, 11) is -3.09. The summed E-state index contributed by atoms with van der Waals surface area (Å²) in [5.74, 6) is 2.72. The topological polar surface area (TPSA) is 180 Å². The van der Waals surface area contributed by atoms with Crippen molar-refractivity contribution in [2.24, 2.45) is 17.7 Å². The largest absolute Gasteiger partial charge is 0.453 e. The molecular weight excluding hydrogens is 644 g/mol. The molecule has 11 nitrogen and oxygen atoms in total. The van der Waals surface area contributed by atoms with E-state index >= 15 is 0 Å². The van der Waals surface area contributed by atoms with Crippen molar-refractivity contribution in [2.75, 3.05) is 12.8 Å². The van der Waals surface area contributed by atoms with Crippen molar-refractivity contribution in [3.63, 3.8) is 0 Å². The second-order valence-corrected chi connectivity index (χ2v) is 15.0. The van der Waals surface area contributed by atoms with E-state index in [0.717, 1.165) is 11.1 Å². The Bertz CT molecular complexity index is 1580. The van der Waals surface area contributed by atoms with Crippen molar-refractivity contribution in [3.05, 3.63) is 96.1 Å². The molecule has 0 spiro atoms. The molecule has 3 aromatic carbocycles. The summed E-state index contributed by atoms with van der Waals surface area (Å²) in [4.78, 5) is 44.9. The number of hydrogen-bond acceptors (Lipinski definition) is 9. The highest BCUT2D eigenvalue weighted by molar-refractivity contribution is 7.93. The number of alkyl carbamates (subject to hydrolysis) is 1. The first kappa shape index (κ1) is 39.0. The van der Waals surface area contributed by atoms with E-state index in [0.29, 0.717) is 24.9 Å². The van der Waals surface area contributed by atoms with E-state index in [2.05, 4.69) is 10.6 Å². The lowest BCUT2D eigenvalue weighted by atomic mass is 9.82. The first-order chi connectivity index (χ1) is 23.3. The summed E-state index contributed by atoms with van der Waals surface area (Å²) in [6.07, 6.45) is 0.698. The van der Waals surface area contributed by atoms with Crippen molar-refractivity contribution in [1.29, 1.82) is 0 Å². The first-order valence-electron chi connectivity index (χ1n) is 16.6. The fourth-order valence-corrected chi connectivity index (χ4v) is 8.47. The van der Waals surface area contributed by atoms with Gasteiger partial charge in [0.15, 0.2) is 14.6 Å². The lowest BCUT2D eigenvalue weighted by molar-refractivity contribution is -0.149. The number of nitrogens with two attached hydrogens (primary N) is 2. The van der Waals surface area contributed by atoms with Gasteiger partial charge in [0.2, 0.25) is 5.91 Å². The van der Waals surface area contributed by atoms with E-state index in [-0.39, 0.29) is 23.7 Å². The molecule has 0 saturated heterocycles. The van der Waals surface area contributed by atoms with Crippen LogP contribution in [0.1, 0.15) is 76.8 Å². The van der Waals surface area contributed by atoms with Crippen LogP contribution in [0.25, 0.3) is 0 Å². The van der Waals surface area contributed by atoms with Gasteiger partial charge in [0.05, 0.1) is 12.0 Å². The molecule has 0 aliphatic heterocycles. The fraction of sp³-hybridized carbons (Fsp3) is 0.432. The molecule has 0 heterocycles. The summed E-state index contributed by atoms with van der Waals surface area (Å²) in [5.41, 5.74) is 7.84. The number of hydrogen-bond donors (Lipinski definition) is 4. The third-order valence-electron chi connectivity index (χ3n) is 9.19. The number of amides is 2.